The highest BCUT2D eigenvalue weighted by molar-refractivity contribution is 14.1. The predicted octanol–water partition coefficient (Wildman–Crippen LogP) is 3.65. The van der Waals surface area contributed by atoms with E-state index < -0.39 is 0 Å². The molecular weight excluding hydrogens is 391 g/mol. The molecule has 0 aliphatic heterocycles. The van der Waals surface area contributed by atoms with E-state index in [0.717, 1.165) is 15.0 Å². The highest BCUT2D eigenvalue weighted by Crippen LogP contribution is 2.22. The van der Waals surface area contributed by atoms with Crippen LogP contribution in [0, 0.1) is 3.57 Å². The Labute approximate surface area is 136 Å². The molecule has 2 N–H and O–H groups in total. The molecule has 0 fully saturated rings. The van der Waals surface area contributed by atoms with Gasteiger partial charge in [-0.15, -0.1) is 0 Å². The van der Waals surface area contributed by atoms with Gasteiger partial charge in [0.1, 0.15) is 11.8 Å². The zero-order chi connectivity index (χ0) is 14.5. The van der Waals surface area contributed by atoms with Crippen molar-refractivity contribution in [3.8, 4) is 0 Å². The van der Waals surface area contributed by atoms with Crippen molar-refractivity contribution in [3.63, 3.8) is 0 Å². The third-order valence-electron chi connectivity index (χ3n) is 2.71. The molecule has 1 atom stereocenters. The van der Waals surface area contributed by atoms with E-state index >= 15 is 0 Å². The van der Waals surface area contributed by atoms with Gasteiger partial charge in [-0.05, 0) is 59.8 Å². The van der Waals surface area contributed by atoms with E-state index in [1.807, 2.05) is 25.1 Å². The lowest BCUT2D eigenvalue weighted by atomic mass is 10.2. The molecule has 6 heteroatoms. The number of rotatable bonds is 5. The number of nitrogens with one attached hydrogen (secondary N) is 2. The first-order valence-corrected chi connectivity index (χ1v) is 7.53. The van der Waals surface area contributed by atoms with E-state index in [2.05, 4.69) is 33.2 Å². The Morgan fingerprint density at radius 3 is 2.90 bits per heavy atom. The molecule has 1 amide bonds. The Morgan fingerprint density at radius 2 is 2.25 bits per heavy atom. The molecule has 20 heavy (non-hydrogen) atoms. The van der Waals surface area contributed by atoms with Gasteiger partial charge in [0, 0.05) is 14.3 Å². The standard InChI is InChI=1S/C14H14ClIN2O2/c1-9(14(19)17-8-11-3-2-6-20-11)18-13-5-4-10(15)7-12(13)16/h2-7,9,18H,8H2,1H3,(H,17,19). The molecule has 0 aliphatic rings. The summed E-state index contributed by atoms with van der Waals surface area (Å²) in [5, 5.41) is 6.65. The molecule has 4 nitrogen and oxygen atoms in total. The minimum atomic E-state index is -0.348. The minimum absolute atomic E-state index is 0.0906. The molecule has 1 aromatic carbocycles. The molecular formula is C14H14ClIN2O2. The summed E-state index contributed by atoms with van der Waals surface area (Å²) >= 11 is 8.08. The van der Waals surface area contributed by atoms with Gasteiger partial charge in [-0.2, -0.15) is 0 Å². The number of carbonyl (C=O) groups is 1. The summed E-state index contributed by atoms with van der Waals surface area (Å²) in [7, 11) is 0. The summed E-state index contributed by atoms with van der Waals surface area (Å²) in [6, 6.07) is 8.76. The van der Waals surface area contributed by atoms with Crippen molar-refractivity contribution in [2.24, 2.45) is 0 Å². The van der Waals surface area contributed by atoms with Gasteiger partial charge < -0.3 is 15.1 Å². The summed E-state index contributed by atoms with van der Waals surface area (Å²) in [6.45, 7) is 2.19. The molecule has 1 heterocycles. The van der Waals surface area contributed by atoms with E-state index in [9.17, 15) is 4.79 Å². The molecule has 106 valence electrons. The van der Waals surface area contributed by atoms with E-state index in [4.69, 9.17) is 16.0 Å². The first-order chi connectivity index (χ1) is 9.56. The Hall–Kier alpha value is -1.21. The quantitative estimate of drug-likeness (QED) is 0.748. The van der Waals surface area contributed by atoms with Crippen molar-refractivity contribution >= 4 is 45.8 Å². The zero-order valence-corrected chi connectivity index (χ0v) is 13.7. The molecule has 0 spiro atoms. The third kappa shape index (κ3) is 4.14. The molecule has 2 aromatic rings. The van der Waals surface area contributed by atoms with Crippen LogP contribution in [0.1, 0.15) is 12.7 Å². The summed E-state index contributed by atoms with van der Waals surface area (Å²) in [5.41, 5.74) is 0.885. The molecule has 0 aliphatic carbocycles. The normalized spacial score (nSPS) is 11.9. The number of hydrogen-bond acceptors (Lipinski definition) is 3. The van der Waals surface area contributed by atoms with Crippen molar-refractivity contribution < 1.29 is 9.21 Å². The monoisotopic (exact) mass is 404 g/mol. The van der Waals surface area contributed by atoms with E-state index in [-0.39, 0.29) is 11.9 Å². The van der Waals surface area contributed by atoms with Crippen LogP contribution < -0.4 is 10.6 Å². The summed E-state index contributed by atoms with van der Waals surface area (Å²) in [5.74, 6) is 0.638. The molecule has 0 bridgehead atoms. The lowest BCUT2D eigenvalue weighted by molar-refractivity contribution is -0.121. The van der Waals surface area contributed by atoms with Gasteiger partial charge in [-0.25, -0.2) is 0 Å². The second-order valence-corrected chi connectivity index (χ2v) is 5.89. The average molecular weight is 405 g/mol. The Morgan fingerprint density at radius 1 is 1.45 bits per heavy atom. The molecule has 0 saturated heterocycles. The number of furan rings is 1. The maximum Gasteiger partial charge on any atom is 0.242 e. The number of hydrogen-bond donors (Lipinski definition) is 2. The van der Waals surface area contributed by atoms with Gasteiger partial charge in [0.15, 0.2) is 0 Å². The Bertz CT molecular complexity index is 587. The van der Waals surface area contributed by atoms with E-state index in [1.165, 1.54) is 0 Å². The van der Waals surface area contributed by atoms with Crippen molar-refractivity contribution in [2.75, 3.05) is 5.32 Å². The first-order valence-electron chi connectivity index (χ1n) is 6.08. The molecule has 2 rings (SSSR count). The maximum absolute atomic E-state index is 12.0. The Kier molecular flexibility index (Phi) is 5.31. The predicted molar refractivity (Wildman–Crippen MR) is 87.8 cm³/mol. The van der Waals surface area contributed by atoms with Crippen LogP contribution in [-0.4, -0.2) is 11.9 Å². The van der Waals surface area contributed by atoms with Gasteiger partial charge in [-0.3, -0.25) is 4.79 Å². The van der Waals surface area contributed by atoms with Gasteiger partial charge in [0.25, 0.3) is 0 Å². The number of benzene rings is 1. The number of carbonyl (C=O) groups excluding carboxylic acids is 1. The second kappa shape index (κ2) is 6.99. The van der Waals surface area contributed by atoms with Crippen LogP contribution >= 0.6 is 34.2 Å². The van der Waals surface area contributed by atoms with Crippen molar-refractivity contribution in [1.82, 2.24) is 5.32 Å². The van der Waals surface area contributed by atoms with Gasteiger partial charge in [0.05, 0.1) is 12.8 Å². The van der Waals surface area contributed by atoms with Gasteiger partial charge >= 0.3 is 0 Å². The Balaban J connectivity index is 1.90. The lowest BCUT2D eigenvalue weighted by Crippen LogP contribution is -2.37. The van der Waals surface area contributed by atoms with Crippen LogP contribution in [0.15, 0.2) is 41.0 Å². The number of anilines is 1. The zero-order valence-electron chi connectivity index (χ0n) is 10.8. The van der Waals surface area contributed by atoms with Crippen LogP contribution in [0.3, 0.4) is 0 Å². The highest BCUT2D eigenvalue weighted by atomic mass is 127. The largest absolute Gasteiger partial charge is 0.467 e. The maximum atomic E-state index is 12.0. The molecule has 1 aromatic heterocycles. The van der Waals surface area contributed by atoms with Gasteiger partial charge in [-0.1, -0.05) is 11.6 Å². The first kappa shape index (κ1) is 15.2. The van der Waals surface area contributed by atoms with Crippen LogP contribution in [-0.2, 0) is 11.3 Å². The van der Waals surface area contributed by atoms with E-state index in [0.29, 0.717) is 11.6 Å². The highest BCUT2D eigenvalue weighted by Gasteiger charge is 2.14. The fourth-order valence-corrected chi connectivity index (χ4v) is 2.67. The summed E-state index contributed by atoms with van der Waals surface area (Å²) in [4.78, 5) is 12.0. The molecule has 0 saturated carbocycles. The van der Waals surface area contributed by atoms with Crippen LogP contribution in [0.5, 0.6) is 0 Å². The molecule has 1 unspecified atom stereocenters. The lowest BCUT2D eigenvalue weighted by Gasteiger charge is -2.16. The fraction of sp³-hybridized carbons (Fsp3) is 0.214. The van der Waals surface area contributed by atoms with Gasteiger partial charge in [0.2, 0.25) is 5.91 Å². The topological polar surface area (TPSA) is 54.3 Å². The third-order valence-corrected chi connectivity index (χ3v) is 3.84. The van der Waals surface area contributed by atoms with E-state index in [1.54, 1.807) is 18.4 Å². The summed E-state index contributed by atoms with van der Waals surface area (Å²) < 4.78 is 6.14. The van der Waals surface area contributed by atoms with Crippen LogP contribution in [0.25, 0.3) is 0 Å². The van der Waals surface area contributed by atoms with Crippen LogP contribution in [0.4, 0.5) is 5.69 Å². The van der Waals surface area contributed by atoms with Crippen LogP contribution in [0.2, 0.25) is 5.02 Å². The SMILES string of the molecule is CC(Nc1ccc(Cl)cc1I)C(=O)NCc1ccco1. The fourth-order valence-electron chi connectivity index (χ4n) is 1.65. The number of halogens is 2. The van der Waals surface area contributed by atoms with Crippen molar-refractivity contribution in [2.45, 2.75) is 19.5 Å². The summed E-state index contributed by atoms with van der Waals surface area (Å²) in [6.07, 6.45) is 1.58. The molecule has 0 radical (unpaired) electrons. The van der Waals surface area contributed by atoms with Crippen molar-refractivity contribution in [3.05, 3.63) is 50.9 Å². The van der Waals surface area contributed by atoms with Crippen molar-refractivity contribution in [1.29, 1.82) is 0 Å². The smallest absolute Gasteiger partial charge is 0.242 e. The average Bonchev–Trinajstić information content (AvgIpc) is 2.92. The number of amides is 1. The minimum Gasteiger partial charge on any atom is -0.467 e. The second-order valence-electron chi connectivity index (χ2n) is 4.29.